The highest BCUT2D eigenvalue weighted by Crippen LogP contribution is 2.30. The molecule has 0 aliphatic carbocycles. The summed E-state index contributed by atoms with van der Waals surface area (Å²) in [5, 5.41) is 6.96. The van der Waals surface area contributed by atoms with Crippen molar-refractivity contribution in [2.45, 2.75) is 39.9 Å². The fourth-order valence-electron chi connectivity index (χ4n) is 2.81. The zero-order valence-corrected chi connectivity index (χ0v) is 13.8. The largest absolute Gasteiger partial charge is 0.363 e. The molecule has 3 rings (SSSR count). The molecule has 1 aromatic carbocycles. The number of nitrogens with one attached hydrogen (secondary N) is 1. The van der Waals surface area contributed by atoms with Crippen molar-refractivity contribution < 1.29 is 0 Å². The highest BCUT2D eigenvalue weighted by molar-refractivity contribution is 7.09. The molecule has 0 bridgehead atoms. The Kier molecular flexibility index (Phi) is 4.00. The van der Waals surface area contributed by atoms with Gasteiger partial charge in [-0.25, -0.2) is 4.98 Å². The number of nitrogens with zero attached hydrogens (tertiary/aromatic N) is 2. The van der Waals surface area contributed by atoms with Crippen molar-refractivity contribution in [3.63, 3.8) is 0 Å². The summed E-state index contributed by atoms with van der Waals surface area (Å²) in [6.07, 6.45) is 1.89. The summed E-state index contributed by atoms with van der Waals surface area (Å²) >= 11 is 1.73. The SMILES string of the molecule is CC(C)(C)C1CN(Cc2nccs2)c2ccccc2CN1. The molecule has 0 spiro atoms. The van der Waals surface area contributed by atoms with Crippen LogP contribution in [0.2, 0.25) is 0 Å². The number of thiazole rings is 1. The van der Waals surface area contributed by atoms with E-state index in [-0.39, 0.29) is 5.41 Å². The average molecular weight is 301 g/mol. The van der Waals surface area contributed by atoms with E-state index >= 15 is 0 Å². The van der Waals surface area contributed by atoms with Gasteiger partial charge in [0.25, 0.3) is 0 Å². The highest BCUT2D eigenvalue weighted by Gasteiger charge is 2.29. The van der Waals surface area contributed by atoms with Crippen molar-refractivity contribution in [2.24, 2.45) is 5.41 Å². The Balaban J connectivity index is 1.92. The Labute approximate surface area is 131 Å². The van der Waals surface area contributed by atoms with E-state index < -0.39 is 0 Å². The van der Waals surface area contributed by atoms with Crippen molar-refractivity contribution in [1.29, 1.82) is 0 Å². The quantitative estimate of drug-likeness (QED) is 0.917. The fraction of sp³-hybridized carbons (Fsp3) is 0.471. The molecule has 0 fully saturated rings. The molecule has 1 aliphatic rings. The maximum atomic E-state index is 4.46. The summed E-state index contributed by atoms with van der Waals surface area (Å²) < 4.78 is 0. The van der Waals surface area contributed by atoms with Crippen LogP contribution < -0.4 is 10.2 Å². The van der Waals surface area contributed by atoms with Gasteiger partial charge in [-0.3, -0.25) is 0 Å². The van der Waals surface area contributed by atoms with E-state index in [0.717, 1.165) is 19.6 Å². The van der Waals surface area contributed by atoms with Gasteiger partial charge in [0.2, 0.25) is 0 Å². The van der Waals surface area contributed by atoms with Gasteiger partial charge in [0.1, 0.15) is 5.01 Å². The minimum atomic E-state index is 0.239. The maximum absolute atomic E-state index is 4.46. The predicted molar refractivity (Wildman–Crippen MR) is 89.7 cm³/mol. The first-order chi connectivity index (χ1) is 10.0. The van der Waals surface area contributed by atoms with E-state index in [2.05, 4.69) is 65.6 Å². The number of fused-ring (bicyclic) bond motifs is 1. The number of hydrogen-bond acceptors (Lipinski definition) is 4. The molecular formula is C17H23N3S. The molecule has 2 heterocycles. The molecular weight excluding hydrogens is 278 g/mol. The normalized spacial score (nSPS) is 19.2. The molecule has 3 nitrogen and oxygen atoms in total. The first-order valence-electron chi connectivity index (χ1n) is 7.48. The summed E-state index contributed by atoms with van der Waals surface area (Å²) in [4.78, 5) is 6.93. The Hall–Kier alpha value is -1.39. The van der Waals surface area contributed by atoms with E-state index in [9.17, 15) is 0 Å². The van der Waals surface area contributed by atoms with Gasteiger partial charge in [0, 0.05) is 36.4 Å². The van der Waals surface area contributed by atoms with Crippen molar-refractivity contribution in [3.8, 4) is 0 Å². The molecule has 1 atom stereocenters. The standard InChI is InChI=1S/C17H23N3S/c1-17(2,3)15-11-20(12-16-18-8-9-21-16)14-7-5-4-6-13(14)10-19-15/h4-9,15,19H,10-12H2,1-3H3. The average Bonchev–Trinajstić information content (AvgIpc) is 2.86. The number of rotatable bonds is 2. The van der Waals surface area contributed by atoms with Gasteiger partial charge in [-0.15, -0.1) is 11.3 Å². The maximum Gasteiger partial charge on any atom is 0.112 e. The number of anilines is 1. The lowest BCUT2D eigenvalue weighted by atomic mass is 9.86. The van der Waals surface area contributed by atoms with Crippen molar-refractivity contribution in [3.05, 3.63) is 46.4 Å². The van der Waals surface area contributed by atoms with Gasteiger partial charge in [-0.1, -0.05) is 39.0 Å². The summed E-state index contributed by atoms with van der Waals surface area (Å²) in [7, 11) is 0. The van der Waals surface area contributed by atoms with Crippen molar-refractivity contribution in [1.82, 2.24) is 10.3 Å². The fourth-order valence-corrected chi connectivity index (χ4v) is 3.44. The van der Waals surface area contributed by atoms with Crippen LogP contribution in [0.1, 0.15) is 31.3 Å². The number of aromatic nitrogens is 1. The zero-order chi connectivity index (χ0) is 14.9. The summed E-state index contributed by atoms with van der Waals surface area (Å²) in [5.74, 6) is 0. The molecule has 4 heteroatoms. The van der Waals surface area contributed by atoms with E-state index in [1.165, 1.54) is 16.3 Å². The topological polar surface area (TPSA) is 28.2 Å². The predicted octanol–water partition coefficient (Wildman–Crippen LogP) is 3.67. The van der Waals surface area contributed by atoms with E-state index in [0.29, 0.717) is 6.04 Å². The van der Waals surface area contributed by atoms with Gasteiger partial charge in [-0.05, 0) is 17.0 Å². The molecule has 2 aromatic rings. The lowest BCUT2D eigenvalue weighted by molar-refractivity contribution is 0.271. The zero-order valence-electron chi connectivity index (χ0n) is 13.0. The van der Waals surface area contributed by atoms with Gasteiger partial charge in [0.15, 0.2) is 0 Å². The Bertz CT molecular complexity index is 586. The monoisotopic (exact) mass is 301 g/mol. The second-order valence-electron chi connectivity index (χ2n) is 6.73. The van der Waals surface area contributed by atoms with Gasteiger partial charge < -0.3 is 10.2 Å². The molecule has 1 N–H and O–H groups in total. The van der Waals surface area contributed by atoms with Crippen molar-refractivity contribution in [2.75, 3.05) is 11.4 Å². The Morgan fingerprint density at radius 3 is 2.86 bits per heavy atom. The minimum absolute atomic E-state index is 0.239. The third kappa shape index (κ3) is 3.27. The first kappa shape index (κ1) is 14.5. The van der Waals surface area contributed by atoms with E-state index in [1.54, 1.807) is 11.3 Å². The third-order valence-corrected chi connectivity index (χ3v) is 4.89. The van der Waals surface area contributed by atoms with Gasteiger partial charge in [0.05, 0.1) is 6.54 Å². The van der Waals surface area contributed by atoms with E-state index in [1.807, 2.05) is 6.20 Å². The van der Waals surface area contributed by atoms with Crippen LogP contribution in [-0.2, 0) is 13.1 Å². The molecule has 1 aromatic heterocycles. The lowest BCUT2D eigenvalue weighted by Gasteiger charge is -2.34. The highest BCUT2D eigenvalue weighted by atomic mass is 32.1. The van der Waals surface area contributed by atoms with Gasteiger partial charge in [-0.2, -0.15) is 0 Å². The lowest BCUT2D eigenvalue weighted by Crippen LogP contribution is -2.46. The number of benzene rings is 1. The summed E-state index contributed by atoms with van der Waals surface area (Å²) in [5.41, 5.74) is 2.95. The van der Waals surface area contributed by atoms with E-state index in [4.69, 9.17) is 0 Å². The van der Waals surface area contributed by atoms with Crippen molar-refractivity contribution >= 4 is 17.0 Å². The van der Waals surface area contributed by atoms with Crippen LogP contribution in [0.15, 0.2) is 35.8 Å². The van der Waals surface area contributed by atoms with Gasteiger partial charge >= 0.3 is 0 Å². The van der Waals surface area contributed by atoms with Crippen LogP contribution in [0.3, 0.4) is 0 Å². The summed E-state index contributed by atoms with van der Waals surface area (Å²) in [6, 6.07) is 9.17. The molecule has 1 aliphatic heterocycles. The molecule has 1 unspecified atom stereocenters. The smallest absolute Gasteiger partial charge is 0.112 e. The Morgan fingerprint density at radius 2 is 2.14 bits per heavy atom. The molecule has 0 saturated heterocycles. The number of hydrogen-bond donors (Lipinski definition) is 1. The molecule has 21 heavy (non-hydrogen) atoms. The molecule has 0 saturated carbocycles. The second kappa shape index (κ2) is 5.78. The van der Waals surface area contributed by atoms with Crippen LogP contribution >= 0.6 is 11.3 Å². The minimum Gasteiger partial charge on any atom is -0.363 e. The van der Waals surface area contributed by atoms with Crippen LogP contribution in [0.25, 0.3) is 0 Å². The first-order valence-corrected chi connectivity index (χ1v) is 8.36. The second-order valence-corrected chi connectivity index (χ2v) is 7.71. The molecule has 0 radical (unpaired) electrons. The number of para-hydroxylation sites is 1. The third-order valence-electron chi connectivity index (χ3n) is 4.13. The molecule has 112 valence electrons. The molecule has 0 amide bonds. The summed E-state index contributed by atoms with van der Waals surface area (Å²) in [6.45, 7) is 9.77. The van der Waals surface area contributed by atoms with Crippen LogP contribution in [-0.4, -0.2) is 17.6 Å². The van der Waals surface area contributed by atoms with Crippen LogP contribution in [0.4, 0.5) is 5.69 Å². The van der Waals surface area contributed by atoms with Crippen LogP contribution in [0.5, 0.6) is 0 Å². The van der Waals surface area contributed by atoms with Crippen LogP contribution in [0, 0.1) is 5.41 Å². The Morgan fingerprint density at radius 1 is 1.33 bits per heavy atom.